The van der Waals surface area contributed by atoms with Gasteiger partial charge in [0, 0.05) is 5.92 Å². The summed E-state index contributed by atoms with van der Waals surface area (Å²) in [7, 11) is 6.18. The maximum absolute atomic E-state index is 11.4. The molecule has 1 aliphatic carbocycles. The summed E-state index contributed by atoms with van der Waals surface area (Å²) in [6.07, 6.45) is 4.29. The van der Waals surface area contributed by atoms with Crippen molar-refractivity contribution in [1.82, 2.24) is 0 Å². The van der Waals surface area contributed by atoms with Gasteiger partial charge in [0.25, 0.3) is 0 Å². The zero-order valence-corrected chi connectivity index (χ0v) is 13.9. The average Bonchev–Trinajstić information content (AvgIpc) is 2.49. The van der Waals surface area contributed by atoms with Crippen LogP contribution >= 0.6 is 0 Å². The van der Waals surface area contributed by atoms with Crippen LogP contribution in [0.25, 0.3) is 0 Å². The standard InChI is InChI=1S/C18H30NO2/c1-5-19(2,3)14-16-9-6-7-12-18(16,20)15-10-8-11-17(13-15)21-4/h8,10-11,13,16,20H,5-7,9,12,14H2,1-4H3/q+1/t16-,18-/m0/s1. The third kappa shape index (κ3) is 3.58. The molecule has 0 aliphatic heterocycles. The molecule has 3 heteroatoms. The number of nitrogens with zero attached hydrogens (tertiary/aromatic N) is 1. The van der Waals surface area contributed by atoms with Crippen molar-refractivity contribution in [2.45, 2.75) is 38.2 Å². The van der Waals surface area contributed by atoms with E-state index in [1.54, 1.807) is 7.11 Å². The molecule has 0 spiro atoms. The zero-order valence-electron chi connectivity index (χ0n) is 13.9. The van der Waals surface area contributed by atoms with Crippen LogP contribution in [0.1, 0.15) is 38.2 Å². The Kier molecular flexibility index (Phi) is 4.95. The Morgan fingerprint density at radius 2 is 2.10 bits per heavy atom. The van der Waals surface area contributed by atoms with Crippen molar-refractivity contribution in [3.05, 3.63) is 29.8 Å². The summed E-state index contributed by atoms with van der Waals surface area (Å²) >= 11 is 0. The van der Waals surface area contributed by atoms with Gasteiger partial charge in [-0.3, -0.25) is 0 Å². The third-order valence-corrected chi connectivity index (χ3v) is 5.18. The Bertz CT molecular complexity index is 472. The highest BCUT2D eigenvalue weighted by Gasteiger charge is 2.43. The number of quaternary nitrogens is 1. The first-order chi connectivity index (χ1) is 9.91. The van der Waals surface area contributed by atoms with Gasteiger partial charge in [-0.15, -0.1) is 0 Å². The molecule has 21 heavy (non-hydrogen) atoms. The summed E-state index contributed by atoms with van der Waals surface area (Å²) in [5.41, 5.74) is 0.306. The molecule has 1 aromatic rings. The SMILES string of the molecule is CC[N+](C)(C)C[C@@H]1CCCC[C@]1(O)c1cccc(OC)c1. The lowest BCUT2D eigenvalue weighted by molar-refractivity contribution is -0.893. The predicted octanol–water partition coefficient (Wildman–Crippen LogP) is 3.17. The first kappa shape index (κ1) is 16.3. The van der Waals surface area contributed by atoms with Crippen molar-refractivity contribution in [1.29, 1.82) is 0 Å². The molecular formula is C18H30NO2+. The fourth-order valence-electron chi connectivity index (χ4n) is 3.47. The van der Waals surface area contributed by atoms with Crippen molar-refractivity contribution >= 4 is 0 Å². The van der Waals surface area contributed by atoms with Gasteiger partial charge in [-0.05, 0) is 37.5 Å². The molecular weight excluding hydrogens is 262 g/mol. The van der Waals surface area contributed by atoms with Crippen molar-refractivity contribution in [3.63, 3.8) is 0 Å². The highest BCUT2D eigenvalue weighted by atomic mass is 16.5. The van der Waals surface area contributed by atoms with E-state index in [0.29, 0.717) is 5.92 Å². The second-order valence-corrected chi connectivity index (χ2v) is 7.03. The fourth-order valence-corrected chi connectivity index (χ4v) is 3.47. The van der Waals surface area contributed by atoms with Gasteiger partial charge in [-0.2, -0.15) is 0 Å². The number of aliphatic hydroxyl groups is 1. The highest BCUT2D eigenvalue weighted by molar-refractivity contribution is 5.33. The van der Waals surface area contributed by atoms with Crippen molar-refractivity contribution in [2.24, 2.45) is 5.92 Å². The van der Waals surface area contributed by atoms with Crippen LogP contribution in [0.2, 0.25) is 0 Å². The lowest BCUT2D eigenvalue weighted by atomic mass is 9.71. The summed E-state index contributed by atoms with van der Waals surface area (Å²) < 4.78 is 6.29. The smallest absolute Gasteiger partial charge is 0.119 e. The van der Waals surface area contributed by atoms with Gasteiger partial charge in [0.05, 0.1) is 39.9 Å². The Labute approximate surface area is 129 Å². The first-order valence-corrected chi connectivity index (χ1v) is 8.10. The minimum Gasteiger partial charge on any atom is -0.497 e. The van der Waals surface area contributed by atoms with E-state index in [1.165, 1.54) is 6.42 Å². The molecule has 118 valence electrons. The van der Waals surface area contributed by atoms with Crippen LogP contribution in [0.5, 0.6) is 5.75 Å². The molecule has 1 aliphatic rings. The molecule has 0 heterocycles. The van der Waals surface area contributed by atoms with Gasteiger partial charge in [-0.25, -0.2) is 0 Å². The molecule has 0 unspecified atom stereocenters. The van der Waals surface area contributed by atoms with Crippen LogP contribution in [-0.4, -0.2) is 43.9 Å². The van der Waals surface area contributed by atoms with Crippen molar-refractivity contribution in [2.75, 3.05) is 34.3 Å². The number of hydrogen-bond donors (Lipinski definition) is 1. The molecule has 3 nitrogen and oxygen atoms in total. The molecule has 0 radical (unpaired) electrons. The molecule has 2 atom stereocenters. The molecule has 0 bridgehead atoms. The minimum absolute atomic E-state index is 0.313. The third-order valence-electron chi connectivity index (χ3n) is 5.18. The van der Waals surface area contributed by atoms with Crippen LogP contribution in [0.4, 0.5) is 0 Å². The molecule has 1 aromatic carbocycles. The Balaban J connectivity index is 2.30. The summed E-state index contributed by atoms with van der Waals surface area (Å²) in [6, 6.07) is 7.98. The van der Waals surface area contributed by atoms with Gasteiger partial charge in [0.15, 0.2) is 0 Å². The number of hydrogen-bond acceptors (Lipinski definition) is 2. The van der Waals surface area contributed by atoms with Crippen LogP contribution in [0.3, 0.4) is 0 Å². The van der Waals surface area contributed by atoms with E-state index in [1.807, 2.05) is 24.3 Å². The predicted molar refractivity (Wildman–Crippen MR) is 86.4 cm³/mol. The van der Waals surface area contributed by atoms with E-state index in [2.05, 4.69) is 21.0 Å². The molecule has 0 aromatic heterocycles. The average molecular weight is 292 g/mol. The van der Waals surface area contributed by atoms with E-state index in [-0.39, 0.29) is 0 Å². The second-order valence-electron chi connectivity index (χ2n) is 7.03. The number of ether oxygens (including phenoxy) is 1. The van der Waals surface area contributed by atoms with Gasteiger partial charge in [-0.1, -0.05) is 25.0 Å². The molecule has 1 fully saturated rings. The maximum atomic E-state index is 11.4. The number of methoxy groups -OCH3 is 1. The molecule has 1 saturated carbocycles. The van der Waals surface area contributed by atoms with E-state index < -0.39 is 5.60 Å². The minimum atomic E-state index is -0.711. The van der Waals surface area contributed by atoms with E-state index in [9.17, 15) is 5.11 Å². The molecule has 0 amide bonds. The quantitative estimate of drug-likeness (QED) is 0.845. The molecule has 2 rings (SSSR count). The number of benzene rings is 1. The lowest BCUT2D eigenvalue weighted by Crippen LogP contribution is -2.50. The second kappa shape index (κ2) is 6.37. The van der Waals surface area contributed by atoms with Gasteiger partial charge >= 0.3 is 0 Å². The van der Waals surface area contributed by atoms with Gasteiger partial charge < -0.3 is 14.3 Å². The van der Waals surface area contributed by atoms with Crippen LogP contribution in [-0.2, 0) is 5.60 Å². The van der Waals surface area contributed by atoms with Crippen LogP contribution in [0, 0.1) is 5.92 Å². The van der Waals surface area contributed by atoms with E-state index in [4.69, 9.17) is 4.74 Å². The van der Waals surface area contributed by atoms with Crippen molar-refractivity contribution in [3.8, 4) is 5.75 Å². The Hall–Kier alpha value is -1.06. The highest BCUT2D eigenvalue weighted by Crippen LogP contribution is 2.43. The molecule has 1 N–H and O–H groups in total. The largest absolute Gasteiger partial charge is 0.497 e. The number of rotatable bonds is 5. The summed E-state index contributed by atoms with van der Waals surface area (Å²) in [5.74, 6) is 1.14. The summed E-state index contributed by atoms with van der Waals surface area (Å²) in [6.45, 7) is 4.32. The monoisotopic (exact) mass is 292 g/mol. The van der Waals surface area contributed by atoms with Crippen LogP contribution in [0.15, 0.2) is 24.3 Å². The fraction of sp³-hybridized carbons (Fsp3) is 0.667. The van der Waals surface area contributed by atoms with E-state index >= 15 is 0 Å². The van der Waals surface area contributed by atoms with Gasteiger partial charge in [0.2, 0.25) is 0 Å². The first-order valence-electron chi connectivity index (χ1n) is 8.10. The molecule has 0 saturated heterocycles. The zero-order chi connectivity index (χ0) is 15.5. The maximum Gasteiger partial charge on any atom is 0.119 e. The van der Waals surface area contributed by atoms with Crippen molar-refractivity contribution < 1.29 is 14.3 Å². The Morgan fingerprint density at radius 1 is 1.33 bits per heavy atom. The lowest BCUT2D eigenvalue weighted by Gasteiger charge is -2.44. The van der Waals surface area contributed by atoms with Gasteiger partial charge in [0.1, 0.15) is 5.75 Å². The normalized spacial score (nSPS) is 26.6. The van der Waals surface area contributed by atoms with E-state index in [0.717, 1.165) is 48.1 Å². The summed E-state index contributed by atoms with van der Waals surface area (Å²) in [4.78, 5) is 0. The van der Waals surface area contributed by atoms with Crippen LogP contribution < -0.4 is 4.74 Å². The topological polar surface area (TPSA) is 29.5 Å². The summed E-state index contributed by atoms with van der Waals surface area (Å²) in [5, 5.41) is 11.4. The Morgan fingerprint density at radius 3 is 2.76 bits per heavy atom.